The standard InChI is InChI=1S/C16H22O4/c1-16(2,3)20-15(17)8-12-4-6-14(7-5-12)19-11-13-9-18-10-13/h4-7,13H,8-11H2,1-3H3. The van der Waals surface area contributed by atoms with Crippen molar-refractivity contribution in [2.24, 2.45) is 5.92 Å². The zero-order chi connectivity index (χ0) is 14.6. The Morgan fingerprint density at radius 3 is 2.40 bits per heavy atom. The summed E-state index contributed by atoms with van der Waals surface area (Å²) in [7, 11) is 0. The first kappa shape index (κ1) is 14.9. The molecule has 1 heterocycles. The maximum atomic E-state index is 11.7. The Morgan fingerprint density at radius 2 is 1.90 bits per heavy atom. The van der Waals surface area contributed by atoms with Gasteiger partial charge in [-0.1, -0.05) is 12.1 Å². The first-order chi connectivity index (χ1) is 9.42. The van der Waals surface area contributed by atoms with E-state index in [1.165, 1.54) is 0 Å². The molecule has 0 N–H and O–H groups in total. The van der Waals surface area contributed by atoms with Crippen LogP contribution in [0.15, 0.2) is 24.3 Å². The number of hydrogen-bond acceptors (Lipinski definition) is 4. The predicted octanol–water partition coefficient (Wildman–Crippen LogP) is 2.60. The van der Waals surface area contributed by atoms with E-state index >= 15 is 0 Å². The number of esters is 1. The largest absolute Gasteiger partial charge is 0.493 e. The van der Waals surface area contributed by atoms with Crippen LogP contribution >= 0.6 is 0 Å². The van der Waals surface area contributed by atoms with Crippen LogP contribution in [0.3, 0.4) is 0 Å². The van der Waals surface area contributed by atoms with E-state index < -0.39 is 5.60 Å². The van der Waals surface area contributed by atoms with E-state index in [0.717, 1.165) is 24.5 Å². The topological polar surface area (TPSA) is 44.8 Å². The highest BCUT2D eigenvalue weighted by Gasteiger charge is 2.19. The van der Waals surface area contributed by atoms with E-state index in [9.17, 15) is 4.79 Å². The molecule has 1 aromatic rings. The SMILES string of the molecule is CC(C)(C)OC(=O)Cc1ccc(OCC2COC2)cc1. The Hall–Kier alpha value is -1.55. The molecule has 1 aromatic carbocycles. The quantitative estimate of drug-likeness (QED) is 0.777. The number of hydrogen-bond donors (Lipinski definition) is 0. The highest BCUT2D eigenvalue weighted by molar-refractivity contribution is 5.73. The molecule has 20 heavy (non-hydrogen) atoms. The lowest BCUT2D eigenvalue weighted by Gasteiger charge is -2.25. The molecule has 110 valence electrons. The van der Waals surface area contributed by atoms with Gasteiger partial charge in [0.05, 0.1) is 26.2 Å². The Balaban J connectivity index is 1.79. The van der Waals surface area contributed by atoms with Gasteiger partial charge in [-0.05, 0) is 38.5 Å². The molecule has 2 rings (SSSR count). The summed E-state index contributed by atoms with van der Waals surface area (Å²) in [6, 6.07) is 7.57. The molecular formula is C16H22O4. The van der Waals surface area contributed by atoms with E-state index in [1.807, 2.05) is 45.0 Å². The molecule has 0 amide bonds. The molecule has 0 aromatic heterocycles. The fraction of sp³-hybridized carbons (Fsp3) is 0.562. The molecule has 1 fully saturated rings. The molecule has 0 radical (unpaired) electrons. The van der Waals surface area contributed by atoms with E-state index in [-0.39, 0.29) is 12.4 Å². The van der Waals surface area contributed by atoms with Gasteiger partial charge in [0, 0.05) is 5.92 Å². The molecule has 0 atom stereocenters. The zero-order valence-electron chi connectivity index (χ0n) is 12.3. The van der Waals surface area contributed by atoms with Crippen molar-refractivity contribution in [1.29, 1.82) is 0 Å². The van der Waals surface area contributed by atoms with Gasteiger partial charge in [-0.2, -0.15) is 0 Å². The molecule has 1 aliphatic heterocycles. The number of benzene rings is 1. The van der Waals surface area contributed by atoms with Crippen molar-refractivity contribution in [2.45, 2.75) is 32.8 Å². The minimum atomic E-state index is -0.440. The molecule has 4 nitrogen and oxygen atoms in total. The predicted molar refractivity (Wildman–Crippen MR) is 75.8 cm³/mol. The zero-order valence-corrected chi connectivity index (χ0v) is 12.3. The molecule has 4 heteroatoms. The summed E-state index contributed by atoms with van der Waals surface area (Å²) >= 11 is 0. The highest BCUT2D eigenvalue weighted by Crippen LogP contribution is 2.17. The Bertz CT molecular complexity index is 441. The van der Waals surface area contributed by atoms with Gasteiger partial charge in [-0.25, -0.2) is 0 Å². The van der Waals surface area contributed by atoms with Crippen LogP contribution < -0.4 is 4.74 Å². The summed E-state index contributed by atoms with van der Waals surface area (Å²) in [5.74, 6) is 1.12. The number of rotatable bonds is 5. The minimum Gasteiger partial charge on any atom is -0.493 e. The van der Waals surface area contributed by atoms with Crippen molar-refractivity contribution in [3.63, 3.8) is 0 Å². The molecular weight excluding hydrogens is 256 g/mol. The smallest absolute Gasteiger partial charge is 0.310 e. The first-order valence-electron chi connectivity index (χ1n) is 6.94. The third kappa shape index (κ3) is 4.85. The molecule has 1 aliphatic rings. The van der Waals surface area contributed by atoms with Gasteiger partial charge in [-0.3, -0.25) is 4.79 Å². The van der Waals surface area contributed by atoms with Crippen molar-refractivity contribution < 1.29 is 19.0 Å². The normalized spacial score (nSPS) is 15.6. The third-order valence-electron chi connectivity index (χ3n) is 2.88. The van der Waals surface area contributed by atoms with E-state index in [0.29, 0.717) is 12.5 Å². The van der Waals surface area contributed by atoms with E-state index in [4.69, 9.17) is 14.2 Å². The average molecular weight is 278 g/mol. The lowest BCUT2D eigenvalue weighted by Crippen LogP contribution is -2.32. The van der Waals surface area contributed by atoms with Crippen molar-refractivity contribution in [3.05, 3.63) is 29.8 Å². The summed E-state index contributed by atoms with van der Waals surface area (Å²) in [5, 5.41) is 0. The second-order valence-electron chi connectivity index (χ2n) is 6.12. The molecule has 0 saturated carbocycles. The van der Waals surface area contributed by atoms with Crippen LogP contribution in [-0.2, 0) is 20.7 Å². The van der Waals surface area contributed by atoms with Gasteiger partial charge in [0.1, 0.15) is 11.4 Å². The second-order valence-corrected chi connectivity index (χ2v) is 6.12. The fourth-order valence-corrected chi connectivity index (χ4v) is 1.84. The molecule has 1 saturated heterocycles. The van der Waals surface area contributed by atoms with E-state index in [1.54, 1.807) is 0 Å². The van der Waals surface area contributed by atoms with Crippen LogP contribution in [-0.4, -0.2) is 31.4 Å². The lowest BCUT2D eigenvalue weighted by atomic mass is 10.1. The summed E-state index contributed by atoms with van der Waals surface area (Å²) in [6.45, 7) is 7.86. The second kappa shape index (κ2) is 6.27. The molecule has 0 spiro atoms. The van der Waals surface area contributed by atoms with Gasteiger partial charge in [0.15, 0.2) is 0 Å². The van der Waals surface area contributed by atoms with Gasteiger partial charge in [0.2, 0.25) is 0 Å². The van der Waals surface area contributed by atoms with Crippen LogP contribution in [0.1, 0.15) is 26.3 Å². The maximum Gasteiger partial charge on any atom is 0.310 e. The average Bonchev–Trinajstić information content (AvgIpc) is 2.26. The van der Waals surface area contributed by atoms with Gasteiger partial charge >= 0.3 is 5.97 Å². The third-order valence-corrected chi connectivity index (χ3v) is 2.88. The minimum absolute atomic E-state index is 0.210. The molecule has 0 unspecified atom stereocenters. The van der Waals surface area contributed by atoms with Gasteiger partial charge < -0.3 is 14.2 Å². The molecule has 0 aliphatic carbocycles. The van der Waals surface area contributed by atoms with Crippen molar-refractivity contribution in [2.75, 3.05) is 19.8 Å². The van der Waals surface area contributed by atoms with Gasteiger partial charge in [-0.15, -0.1) is 0 Å². The Labute approximate surface area is 120 Å². The summed E-state index contributed by atoms with van der Waals surface area (Å²) < 4.78 is 16.0. The van der Waals surface area contributed by atoms with Crippen molar-refractivity contribution in [1.82, 2.24) is 0 Å². The van der Waals surface area contributed by atoms with Crippen LogP contribution in [0, 0.1) is 5.92 Å². The lowest BCUT2D eigenvalue weighted by molar-refractivity contribution is -0.153. The number of ether oxygens (including phenoxy) is 3. The van der Waals surface area contributed by atoms with Crippen LogP contribution in [0.5, 0.6) is 5.75 Å². The van der Waals surface area contributed by atoms with Crippen molar-refractivity contribution in [3.8, 4) is 5.75 Å². The number of carbonyl (C=O) groups excluding carboxylic acids is 1. The Kier molecular flexibility index (Phi) is 4.65. The van der Waals surface area contributed by atoms with Crippen LogP contribution in [0.4, 0.5) is 0 Å². The number of carbonyl (C=O) groups is 1. The maximum absolute atomic E-state index is 11.7. The monoisotopic (exact) mass is 278 g/mol. The highest BCUT2D eigenvalue weighted by atomic mass is 16.6. The molecule has 0 bridgehead atoms. The summed E-state index contributed by atoms with van der Waals surface area (Å²) in [5.41, 5.74) is 0.490. The summed E-state index contributed by atoms with van der Waals surface area (Å²) in [4.78, 5) is 11.7. The van der Waals surface area contributed by atoms with Crippen LogP contribution in [0.25, 0.3) is 0 Å². The first-order valence-corrected chi connectivity index (χ1v) is 6.94. The van der Waals surface area contributed by atoms with Gasteiger partial charge in [0.25, 0.3) is 0 Å². The van der Waals surface area contributed by atoms with Crippen LogP contribution in [0.2, 0.25) is 0 Å². The summed E-state index contributed by atoms with van der Waals surface area (Å²) in [6.07, 6.45) is 0.286. The fourth-order valence-electron chi connectivity index (χ4n) is 1.84. The Morgan fingerprint density at radius 1 is 1.25 bits per heavy atom. The van der Waals surface area contributed by atoms with Crippen molar-refractivity contribution >= 4 is 5.97 Å². The van der Waals surface area contributed by atoms with E-state index in [2.05, 4.69) is 0 Å².